The van der Waals surface area contributed by atoms with Gasteiger partial charge in [-0.1, -0.05) is 19.3 Å². The molecule has 2 amide bonds. The van der Waals surface area contributed by atoms with E-state index in [0.29, 0.717) is 29.4 Å². The van der Waals surface area contributed by atoms with Gasteiger partial charge in [0.05, 0.1) is 0 Å². The lowest BCUT2D eigenvalue weighted by Crippen LogP contribution is -2.57. The van der Waals surface area contributed by atoms with E-state index in [-0.39, 0.29) is 6.03 Å². The molecule has 3 fully saturated rings. The molecule has 0 aromatic rings. The molecule has 0 spiro atoms. The predicted octanol–water partition coefficient (Wildman–Crippen LogP) is 2.98. The van der Waals surface area contributed by atoms with Crippen molar-refractivity contribution in [2.75, 3.05) is 13.3 Å². The van der Waals surface area contributed by atoms with Crippen LogP contribution in [0, 0.1) is 0 Å². The number of hydrogen-bond acceptors (Lipinski definition) is 3. The highest BCUT2D eigenvalue weighted by Gasteiger charge is 2.36. The molecule has 1 saturated carbocycles. The van der Waals surface area contributed by atoms with Crippen molar-refractivity contribution in [2.24, 2.45) is 0 Å². The number of piperidine rings is 2. The van der Waals surface area contributed by atoms with E-state index < -0.39 is 0 Å². The Kier molecular flexibility index (Phi) is 5.55. The van der Waals surface area contributed by atoms with Gasteiger partial charge in [-0.3, -0.25) is 0 Å². The number of rotatable bonds is 3. The third-order valence-electron chi connectivity index (χ3n) is 6.00. The third kappa shape index (κ3) is 3.73. The van der Waals surface area contributed by atoms with Crippen LogP contribution >= 0.6 is 11.8 Å². The summed E-state index contributed by atoms with van der Waals surface area (Å²) < 4.78 is 0. The zero-order valence-electron chi connectivity index (χ0n) is 14.0. The van der Waals surface area contributed by atoms with E-state index in [1.165, 1.54) is 38.5 Å². The Bertz CT molecular complexity index is 378. The standard InChI is InChI=1S/C17H31N3OS/c1-20-13-6-5-7-14(20)11-12(10-13)18-17(21)19-15-8-3-4-9-16(15)22-2/h12-16H,3-11H2,1-2H3,(H2,18,19,21)/t12?,13-,14+,15-,16+/m1/s1. The number of hydrogen-bond donors (Lipinski definition) is 2. The molecule has 2 aliphatic heterocycles. The fourth-order valence-electron chi connectivity index (χ4n) is 4.67. The minimum Gasteiger partial charge on any atom is -0.335 e. The Morgan fingerprint density at radius 1 is 1.00 bits per heavy atom. The maximum atomic E-state index is 12.4. The fourth-order valence-corrected chi connectivity index (χ4v) is 5.61. The molecule has 2 N–H and O–H groups in total. The molecule has 5 heteroatoms. The normalized spacial score (nSPS) is 39.3. The number of urea groups is 1. The second-order valence-corrected chi connectivity index (χ2v) is 8.43. The molecular formula is C17H31N3OS. The highest BCUT2D eigenvalue weighted by Crippen LogP contribution is 2.32. The second-order valence-electron chi connectivity index (χ2n) is 7.36. The molecule has 2 heterocycles. The first-order valence-electron chi connectivity index (χ1n) is 8.99. The zero-order chi connectivity index (χ0) is 15.5. The van der Waals surface area contributed by atoms with Crippen molar-refractivity contribution in [3.05, 3.63) is 0 Å². The first-order chi connectivity index (χ1) is 10.7. The van der Waals surface area contributed by atoms with Crippen LogP contribution in [0.25, 0.3) is 0 Å². The van der Waals surface area contributed by atoms with Gasteiger partial charge in [0.15, 0.2) is 0 Å². The lowest BCUT2D eigenvalue weighted by atomic mass is 9.82. The summed E-state index contributed by atoms with van der Waals surface area (Å²) in [4.78, 5) is 14.9. The maximum absolute atomic E-state index is 12.4. The fraction of sp³-hybridized carbons (Fsp3) is 0.941. The molecule has 0 aromatic carbocycles. The van der Waals surface area contributed by atoms with Crippen molar-refractivity contribution in [2.45, 2.75) is 87.2 Å². The minimum absolute atomic E-state index is 0.0681. The molecule has 126 valence electrons. The molecule has 22 heavy (non-hydrogen) atoms. The van der Waals surface area contributed by atoms with E-state index in [9.17, 15) is 4.79 Å². The summed E-state index contributed by atoms with van der Waals surface area (Å²) in [5.74, 6) is 0. The van der Waals surface area contributed by atoms with Crippen molar-refractivity contribution >= 4 is 17.8 Å². The van der Waals surface area contributed by atoms with Crippen LogP contribution in [0.4, 0.5) is 4.79 Å². The molecular weight excluding hydrogens is 294 g/mol. The monoisotopic (exact) mass is 325 g/mol. The maximum Gasteiger partial charge on any atom is 0.315 e. The van der Waals surface area contributed by atoms with Gasteiger partial charge in [0.25, 0.3) is 0 Å². The van der Waals surface area contributed by atoms with Crippen molar-refractivity contribution in [3.63, 3.8) is 0 Å². The van der Waals surface area contributed by atoms with Gasteiger partial charge in [0.2, 0.25) is 0 Å². The van der Waals surface area contributed by atoms with Crippen LogP contribution in [0.5, 0.6) is 0 Å². The van der Waals surface area contributed by atoms with Crippen molar-refractivity contribution in [1.29, 1.82) is 0 Å². The molecule has 2 bridgehead atoms. The number of nitrogens with one attached hydrogen (secondary N) is 2. The Morgan fingerprint density at radius 2 is 1.68 bits per heavy atom. The molecule has 3 aliphatic rings. The summed E-state index contributed by atoms with van der Waals surface area (Å²) >= 11 is 1.91. The van der Waals surface area contributed by atoms with Crippen LogP contribution in [-0.2, 0) is 0 Å². The first kappa shape index (κ1) is 16.4. The molecule has 3 rings (SSSR count). The van der Waals surface area contributed by atoms with Gasteiger partial charge in [-0.15, -0.1) is 0 Å². The summed E-state index contributed by atoms with van der Waals surface area (Å²) in [6.07, 6.45) is 13.3. The van der Waals surface area contributed by atoms with Crippen LogP contribution in [0.3, 0.4) is 0 Å². The number of nitrogens with zero attached hydrogens (tertiary/aromatic N) is 1. The van der Waals surface area contributed by atoms with Crippen molar-refractivity contribution < 1.29 is 4.79 Å². The quantitative estimate of drug-likeness (QED) is 0.838. The van der Waals surface area contributed by atoms with Crippen molar-refractivity contribution in [1.82, 2.24) is 15.5 Å². The van der Waals surface area contributed by atoms with Gasteiger partial charge >= 0.3 is 6.03 Å². The van der Waals surface area contributed by atoms with E-state index in [0.717, 1.165) is 19.3 Å². The van der Waals surface area contributed by atoms with E-state index in [2.05, 4.69) is 28.8 Å². The van der Waals surface area contributed by atoms with Gasteiger partial charge in [-0.05, 0) is 51.8 Å². The van der Waals surface area contributed by atoms with E-state index in [1.807, 2.05) is 11.8 Å². The number of thioether (sulfide) groups is 1. The Morgan fingerprint density at radius 3 is 2.36 bits per heavy atom. The van der Waals surface area contributed by atoms with E-state index in [1.54, 1.807) is 0 Å². The minimum atomic E-state index is 0.0681. The van der Waals surface area contributed by atoms with Gasteiger partial charge in [-0.2, -0.15) is 11.8 Å². The van der Waals surface area contributed by atoms with Gasteiger partial charge in [0.1, 0.15) is 0 Å². The average Bonchev–Trinajstić information content (AvgIpc) is 2.49. The SMILES string of the molecule is CS[C@H]1CCCC[C@H]1NC(=O)NC1C[C@H]2CCC[C@@H](C1)N2C. The second kappa shape index (κ2) is 7.43. The summed E-state index contributed by atoms with van der Waals surface area (Å²) in [6, 6.07) is 2.13. The van der Waals surface area contributed by atoms with Gasteiger partial charge in [0, 0.05) is 29.4 Å². The molecule has 4 nitrogen and oxygen atoms in total. The average molecular weight is 326 g/mol. The van der Waals surface area contributed by atoms with Crippen LogP contribution < -0.4 is 10.6 Å². The van der Waals surface area contributed by atoms with Crippen LogP contribution in [0.2, 0.25) is 0 Å². The summed E-state index contributed by atoms with van der Waals surface area (Å²) in [6.45, 7) is 0. The molecule has 1 aliphatic carbocycles. The highest BCUT2D eigenvalue weighted by molar-refractivity contribution is 7.99. The van der Waals surface area contributed by atoms with E-state index >= 15 is 0 Å². The number of fused-ring (bicyclic) bond motifs is 2. The Balaban J connectivity index is 1.49. The van der Waals surface area contributed by atoms with E-state index in [4.69, 9.17) is 0 Å². The first-order valence-corrected chi connectivity index (χ1v) is 10.3. The molecule has 2 saturated heterocycles. The lowest BCUT2D eigenvalue weighted by Gasteiger charge is -2.47. The van der Waals surface area contributed by atoms with Crippen LogP contribution in [0.1, 0.15) is 57.8 Å². The summed E-state index contributed by atoms with van der Waals surface area (Å²) in [7, 11) is 2.26. The van der Waals surface area contributed by atoms with Crippen LogP contribution in [0.15, 0.2) is 0 Å². The zero-order valence-corrected chi connectivity index (χ0v) is 14.8. The van der Waals surface area contributed by atoms with Gasteiger partial charge in [-0.25, -0.2) is 4.79 Å². The lowest BCUT2D eigenvalue weighted by molar-refractivity contribution is 0.0507. The number of carbonyl (C=O) groups is 1. The van der Waals surface area contributed by atoms with Crippen molar-refractivity contribution in [3.8, 4) is 0 Å². The molecule has 1 unspecified atom stereocenters. The predicted molar refractivity (Wildman–Crippen MR) is 93.4 cm³/mol. The summed E-state index contributed by atoms with van der Waals surface area (Å²) in [5.41, 5.74) is 0. The largest absolute Gasteiger partial charge is 0.335 e. The molecule has 0 radical (unpaired) electrons. The van der Waals surface area contributed by atoms with Crippen LogP contribution in [-0.4, -0.2) is 53.7 Å². The molecule has 5 atom stereocenters. The Labute approximate surface area is 139 Å². The molecule has 0 aromatic heterocycles. The Hall–Kier alpha value is -0.420. The number of carbonyl (C=O) groups excluding carboxylic acids is 1. The summed E-state index contributed by atoms with van der Waals surface area (Å²) in [5, 5.41) is 7.13. The smallest absolute Gasteiger partial charge is 0.315 e. The van der Waals surface area contributed by atoms with Gasteiger partial charge < -0.3 is 15.5 Å². The topological polar surface area (TPSA) is 44.4 Å². The number of amides is 2. The third-order valence-corrected chi connectivity index (χ3v) is 7.17. The highest BCUT2D eigenvalue weighted by atomic mass is 32.2.